The molecule has 0 aromatic heterocycles. The zero-order chi connectivity index (χ0) is 14.5. The van der Waals surface area contributed by atoms with Crippen molar-refractivity contribution >= 4 is 17.1 Å². The highest BCUT2D eigenvalue weighted by Crippen LogP contribution is 2.28. The normalized spacial score (nSPS) is 10.6. The van der Waals surface area contributed by atoms with Gasteiger partial charge in [-0.25, -0.2) is 4.39 Å². The highest BCUT2D eigenvalue weighted by Gasteiger charge is 2.07. The molecule has 0 aliphatic carbocycles. The zero-order valence-corrected chi connectivity index (χ0v) is 11.7. The van der Waals surface area contributed by atoms with E-state index in [2.05, 4.69) is 5.32 Å². The SMILES string of the molecule is COCCc1ccccc1Nc1cc(C)c(F)cc1N. The molecule has 0 amide bonds. The Morgan fingerprint density at radius 2 is 1.95 bits per heavy atom. The summed E-state index contributed by atoms with van der Waals surface area (Å²) in [4.78, 5) is 0. The number of halogens is 1. The van der Waals surface area contributed by atoms with Crippen molar-refractivity contribution in [3.63, 3.8) is 0 Å². The van der Waals surface area contributed by atoms with Crippen LogP contribution in [0.15, 0.2) is 36.4 Å². The second-order valence-corrected chi connectivity index (χ2v) is 4.71. The molecule has 0 spiro atoms. The van der Waals surface area contributed by atoms with Crippen LogP contribution >= 0.6 is 0 Å². The summed E-state index contributed by atoms with van der Waals surface area (Å²) in [5, 5.41) is 3.27. The Morgan fingerprint density at radius 1 is 1.20 bits per heavy atom. The van der Waals surface area contributed by atoms with Gasteiger partial charge in [-0.15, -0.1) is 0 Å². The van der Waals surface area contributed by atoms with Gasteiger partial charge in [0.1, 0.15) is 5.82 Å². The first kappa shape index (κ1) is 14.3. The first-order valence-corrected chi connectivity index (χ1v) is 6.51. The second-order valence-electron chi connectivity index (χ2n) is 4.71. The van der Waals surface area contributed by atoms with E-state index in [0.717, 1.165) is 17.7 Å². The molecule has 2 aromatic carbocycles. The Balaban J connectivity index is 2.28. The molecular weight excluding hydrogens is 255 g/mol. The average molecular weight is 274 g/mol. The fourth-order valence-corrected chi connectivity index (χ4v) is 2.02. The van der Waals surface area contributed by atoms with E-state index >= 15 is 0 Å². The van der Waals surface area contributed by atoms with Gasteiger partial charge >= 0.3 is 0 Å². The van der Waals surface area contributed by atoms with Gasteiger partial charge in [0.2, 0.25) is 0 Å². The van der Waals surface area contributed by atoms with Gasteiger partial charge in [0.15, 0.2) is 0 Å². The summed E-state index contributed by atoms with van der Waals surface area (Å²) in [6.45, 7) is 2.37. The highest BCUT2D eigenvalue weighted by atomic mass is 19.1. The van der Waals surface area contributed by atoms with Crippen molar-refractivity contribution in [1.82, 2.24) is 0 Å². The van der Waals surface area contributed by atoms with Crippen molar-refractivity contribution in [2.45, 2.75) is 13.3 Å². The van der Waals surface area contributed by atoms with Crippen LogP contribution in [0.2, 0.25) is 0 Å². The van der Waals surface area contributed by atoms with Crippen LogP contribution in [0.4, 0.5) is 21.5 Å². The molecule has 2 aromatic rings. The van der Waals surface area contributed by atoms with E-state index in [1.54, 1.807) is 20.1 Å². The van der Waals surface area contributed by atoms with Crippen LogP contribution in [0.1, 0.15) is 11.1 Å². The maximum Gasteiger partial charge on any atom is 0.128 e. The summed E-state index contributed by atoms with van der Waals surface area (Å²) in [7, 11) is 1.68. The molecule has 20 heavy (non-hydrogen) atoms. The third kappa shape index (κ3) is 3.27. The first-order valence-electron chi connectivity index (χ1n) is 6.51. The maximum atomic E-state index is 13.4. The van der Waals surface area contributed by atoms with Crippen molar-refractivity contribution in [2.24, 2.45) is 0 Å². The first-order chi connectivity index (χ1) is 9.61. The van der Waals surface area contributed by atoms with Gasteiger partial charge in [0, 0.05) is 12.8 Å². The molecule has 0 saturated carbocycles. The Bertz CT molecular complexity index is 599. The standard InChI is InChI=1S/C16H19FN2O/c1-11-9-16(14(18)10-13(11)17)19-15-6-4-3-5-12(15)7-8-20-2/h3-6,9-10,19H,7-8,18H2,1-2H3. The van der Waals surface area contributed by atoms with Crippen LogP contribution in [0.25, 0.3) is 0 Å². The number of anilines is 3. The van der Waals surface area contributed by atoms with E-state index in [4.69, 9.17) is 10.5 Å². The fourth-order valence-electron chi connectivity index (χ4n) is 2.02. The van der Waals surface area contributed by atoms with Gasteiger partial charge < -0.3 is 15.8 Å². The second kappa shape index (κ2) is 6.39. The molecule has 0 aliphatic rings. The third-order valence-corrected chi connectivity index (χ3v) is 3.19. The van der Waals surface area contributed by atoms with E-state index in [-0.39, 0.29) is 5.82 Å². The predicted octanol–water partition coefficient (Wildman–Crippen LogP) is 3.65. The fraction of sp³-hybridized carbons (Fsp3) is 0.250. The van der Waals surface area contributed by atoms with Gasteiger partial charge in [-0.3, -0.25) is 0 Å². The van der Waals surface area contributed by atoms with E-state index in [1.807, 2.05) is 24.3 Å². The molecule has 0 unspecified atom stereocenters. The van der Waals surface area contributed by atoms with Crippen LogP contribution < -0.4 is 11.1 Å². The zero-order valence-electron chi connectivity index (χ0n) is 11.7. The molecule has 0 atom stereocenters. The van der Waals surface area contributed by atoms with Crippen LogP contribution in [-0.2, 0) is 11.2 Å². The van der Waals surface area contributed by atoms with Crippen molar-refractivity contribution in [3.05, 3.63) is 53.3 Å². The van der Waals surface area contributed by atoms with E-state index < -0.39 is 0 Å². The lowest BCUT2D eigenvalue weighted by molar-refractivity contribution is 0.202. The Kier molecular flexibility index (Phi) is 4.58. The van der Waals surface area contributed by atoms with E-state index in [9.17, 15) is 4.39 Å². The number of para-hydroxylation sites is 1. The topological polar surface area (TPSA) is 47.3 Å². The van der Waals surface area contributed by atoms with E-state index in [1.165, 1.54) is 6.07 Å². The smallest absolute Gasteiger partial charge is 0.128 e. The number of nitrogens with one attached hydrogen (secondary N) is 1. The number of methoxy groups -OCH3 is 1. The number of ether oxygens (including phenoxy) is 1. The van der Waals surface area contributed by atoms with Gasteiger partial charge in [-0.05, 0) is 42.7 Å². The molecule has 0 saturated heterocycles. The molecule has 106 valence electrons. The number of aryl methyl sites for hydroxylation is 1. The van der Waals surface area contributed by atoms with Crippen LogP contribution in [0.5, 0.6) is 0 Å². The molecule has 4 heteroatoms. The molecule has 0 aliphatic heterocycles. The largest absolute Gasteiger partial charge is 0.397 e. The highest BCUT2D eigenvalue weighted by molar-refractivity contribution is 5.74. The Labute approximate surface area is 118 Å². The summed E-state index contributed by atoms with van der Waals surface area (Å²) in [5.74, 6) is -0.291. The summed E-state index contributed by atoms with van der Waals surface area (Å²) in [6.07, 6.45) is 0.805. The number of rotatable bonds is 5. The molecule has 0 radical (unpaired) electrons. The lowest BCUT2D eigenvalue weighted by atomic mass is 10.1. The molecule has 0 bridgehead atoms. The molecule has 0 fully saturated rings. The van der Waals surface area contributed by atoms with Gasteiger partial charge in [-0.1, -0.05) is 18.2 Å². The molecular formula is C16H19FN2O. The quantitative estimate of drug-likeness (QED) is 0.818. The minimum absolute atomic E-state index is 0.291. The molecule has 3 N–H and O–H groups in total. The van der Waals surface area contributed by atoms with Gasteiger partial charge in [0.25, 0.3) is 0 Å². The van der Waals surface area contributed by atoms with Crippen molar-refractivity contribution in [3.8, 4) is 0 Å². The van der Waals surface area contributed by atoms with Gasteiger partial charge in [0.05, 0.1) is 18.0 Å². The maximum absolute atomic E-state index is 13.4. The summed E-state index contributed by atoms with van der Waals surface area (Å²) in [6, 6.07) is 11.0. The number of hydrogen-bond donors (Lipinski definition) is 2. The predicted molar refractivity (Wildman–Crippen MR) is 80.9 cm³/mol. The number of benzene rings is 2. The van der Waals surface area contributed by atoms with Crippen molar-refractivity contribution in [2.75, 3.05) is 24.8 Å². The molecule has 3 nitrogen and oxygen atoms in total. The Hall–Kier alpha value is -2.07. The van der Waals surface area contributed by atoms with Crippen molar-refractivity contribution in [1.29, 1.82) is 0 Å². The minimum atomic E-state index is -0.291. The summed E-state index contributed by atoms with van der Waals surface area (Å²) < 4.78 is 18.5. The van der Waals surface area contributed by atoms with Crippen LogP contribution in [0.3, 0.4) is 0 Å². The molecule has 0 heterocycles. The summed E-state index contributed by atoms with van der Waals surface area (Å²) >= 11 is 0. The number of nitrogens with two attached hydrogens (primary N) is 1. The molecule has 2 rings (SSSR count). The average Bonchev–Trinajstić information content (AvgIpc) is 2.44. The van der Waals surface area contributed by atoms with Crippen LogP contribution in [0, 0.1) is 12.7 Å². The number of nitrogen functional groups attached to an aromatic ring is 1. The Morgan fingerprint density at radius 3 is 2.70 bits per heavy atom. The van der Waals surface area contributed by atoms with Gasteiger partial charge in [-0.2, -0.15) is 0 Å². The summed E-state index contributed by atoms with van der Waals surface area (Å²) in [5.41, 5.74) is 9.64. The number of hydrogen-bond acceptors (Lipinski definition) is 3. The van der Waals surface area contributed by atoms with Crippen molar-refractivity contribution < 1.29 is 9.13 Å². The lowest BCUT2D eigenvalue weighted by Crippen LogP contribution is -2.03. The van der Waals surface area contributed by atoms with Crippen LogP contribution in [-0.4, -0.2) is 13.7 Å². The lowest BCUT2D eigenvalue weighted by Gasteiger charge is -2.14. The third-order valence-electron chi connectivity index (χ3n) is 3.19. The monoisotopic (exact) mass is 274 g/mol. The van der Waals surface area contributed by atoms with E-state index in [0.29, 0.717) is 23.5 Å². The minimum Gasteiger partial charge on any atom is -0.397 e.